The summed E-state index contributed by atoms with van der Waals surface area (Å²) < 4.78 is 25.5. The molecule has 6 rings (SSSR count). The van der Waals surface area contributed by atoms with Crippen molar-refractivity contribution in [1.82, 2.24) is 35.9 Å². The summed E-state index contributed by atoms with van der Waals surface area (Å²) in [7, 11) is 3.14. The summed E-state index contributed by atoms with van der Waals surface area (Å²) in [6, 6.07) is 11.9. The fourth-order valence-corrected chi connectivity index (χ4v) is 7.06. The lowest BCUT2D eigenvalue weighted by Crippen LogP contribution is -2.33. The fourth-order valence-electron chi connectivity index (χ4n) is 6.41. The number of allylic oxidation sites excluding steroid dienone is 1. The molecule has 2 aromatic heterocycles. The Labute approximate surface area is 290 Å². The van der Waals surface area contributed by atoms with Gasteiger partial charge in [-0.05, 0) is 39.0 Å². The molecule has 2 fully saturated rings. The number of hydrogen-bond donors (Lipinski definition) is 3. The second-order valence-electron chi connectivity index (χ2n) is 12.6. The molecular formula is C36H40Cl2FN7O2. The number of nitrogens with one attached hydrogen (secondary N) is 3. The molecule has 3 N–H and O–H groups in total. The maximum Gasteiger partial charge on any atom is 0.237 e. The van der Waals surface area contributed by atoms with E-state index in [1.165, 1.54) is 0 Å². The first-order valence-electron chi connectivity index (χ1n) is 16.1. The molecule has 2 aromatic carbocycles. The van der Waals surface area contributed by atoms with Crippen LogP contribution < -0.4 is 25.4 Å². The fraction of sp³-hybridized carbons (Fsp3) is 0.389. The van der Waals surface area contributed by atoms with Gasteiger partial charge in [0.05, 0.1) is 48.0 Å². The zero-order valence-corrected chi connectivity index (χ0v) is 28.9. The molecule has 1 saturated heterocycles. The summed E-state index contributed by atoms with van der Waals surface area (Å²) in [5.74, 6) is 0.815. The summed E-state index contributed by atoms with van der Waals surface area (Å²) in [5.41, 5.74) is 5.28. The molecule has 252 valence electrons. The van der Waals surface area contributed by atoms with Crippen LogP contribution in [0.2, 0.25) is 10.0 Å². The minimum Gasteiger partial charge on any atom is -0.480 e. The number of nitrogens with zero attached hydrogens (tertiary/aromatic N) is 4. The predicted molar refractivity (Wildman–Crippen MR) is 188 cm³/mol. The number of hydrogen-bond acceptors (Lipinski definition) is 9. The Hall–Kier alpha value is -3.83. The third-order valence-corrected chi connectivity index (χ3v) is 9.79. The molecule has 0 amide bonds. The van der Waals surface area contributed by atoms with Crippen molar-refractivity contribution in [2.45, 2.75) is 69.9 Å². The van der Waals surface area contributed by atoms with Crippen LogP contribution in [0.5, 0.6) is 11.8 Å². The smallest absolute Gasteiger partial charge is 0.237 e. The lowest BCUT2D eigenvalue weighted by atomic mass is 9.98. The second kappa shape index (κ2) is 14.7. The van der Waals surface area contributed by atoms with Gasteiger partial charge in [0.1, 0.15) is 17.1 Å². The number of alkyl halides is 1. The highest BCUT2D eigenvalue weighted by atomic mass is 35.5. The van der Waals surface area contributed by atoms with Gasteiger partial charge in [-0.3, -0.25) is 9.97 Å². The topological polar surface area (TPSA) is 106 Å². The van der Waals surface area contributed by atoms with Crippen molar-refractivity contribution in [1.29, 1.82) is 0 Å². The second-order valence-corrected chi connectivity index (χ2v) is 13.4. The first-order chi connectivity index (χ1) is 23.2. The number of benzene rings is 2. The largest absolute Gasteiger partial charge is 0.480 e. The van der Waals surface area contributed by atoms with E-state index in [4.69, 9.17) is 42.6 Å². The molecule has 3 heterocycles. The molecule has 9 nitrogen and oxygen atoms in total. The van der Waals surface area contributed by atoms with Crippen molar-refractivity contribution in [3.8, 4) is 45.4 Å². The maximum absolute atomic E-state index is 14.3. The Kier molecular flexibility index (Phi) is 10.5. The van der Waals surface area contributed by atoms with E-state index in [1.807, 2.05) is 36.4 Å². The van der Waals surface area contributed by atoms with Crippen LogP contribution in [-0.4, -0.2) is 58.5 Å². The Balaban J connectivity index is 1.21. The number of ether oxygens (including phenoxy) is 2. The molecule has 0 spiro atoms. The molecule has 1 saturated carbocycles. The number of rotatable bonds is 12. The van der Waals surface area contributed by atoms with Crippen LogP contribution in [0.1, 0.15) is 50.4 Å². The van der Waals surface area contributed by atoms with Crippen molar-refractivity contribution in [2.24, 2.45) is 0 Å². The van der Waals surface area contributed by atoms with Gasteiger partial charge in [0.25, 0.3) is 0 Å². The zero-order chi connectivity index (χ0) is 33.8. The third kappa shape index (κ3) is 7.57. The van der Waals surface area contributed by atoms with Gasteiger partial charge in [-0.25, -0.2) is 14.4 Å². The van der Waals surface area contributed by atoms with Crippen LogP contribution in [0.3, 0.4) is 0 Å². The number of halogens is 3. The van der Waals surface area contributed by atoms with Crippen molar-refractivity contribution in [3.63, 3.8) is 0 Å². The SMILES string of the molecule is C=C1CC[C@@H](CNCc2ncc(-c3cccc(-c4cccc(-c5cnc(CNC6CCC(C)(F)C6)c(OC)n5)c4Cl)c3Cl)nc2OC)N1. The molecule has 2 unspecified atom stereocenters. The Morgan fingerprint density at radius 2 is 1.46 bits per heavy atom. The van der Waals surface area contributed by atoms with E-state index in [9.17, 15) is 4.39 Å². The van der Waals surface area contributed by atoms with E-state index in [2.05, 4.69) is 32.5 Å². The minimum atomic E-state index is -1.13. The zero-order valence-electron chi connectivity index (χ0n) is 27.4. The average Bonchev–Trinajstić information content (AvgIpc) is 3.67. The standard InChI is InChI=1S/C36H40Cl2FN7O2/c1-21-11-12-23(44-21)16-40-17-30-34(47-3)45-28(18-42-30)26-9-5-7-24(32(26)37)25-8-6-10-27(33(25)38)29-19-43-31(35(46-29)48-4)20-41-22-13-14-36(2,39)15-22/h5-10,18-19,22-23,40-41,44H,1,11-17,20H2,2-4H3/t22?,23-,36?/m0/s1. The Morgan fingerprint density at radius 1 is 0.896 bits per heavy atom. The Morgan fingerprint density at radius 3 is 1.96 bits per heavy atom. The number of aromatic nitrogens is 4. The van der Waals surface area contributed by atoms with Gasteiger partial charge in [0.2, 0.25) is 11.8 Å². The molecule has 1 aliphatic carbocycles. The van der Waals surface area contributed by atoms with Crippen LogP contribution in [0.25, 0.3) is 33.6 Å². The molecular weight excluding hydrogens is 652 g/mol. The first-order valence-corrected chi connectivity index (χ1v) is 16.9. The molecule has 12 heteroatoms. The van der Waals surface area contributed by atoms with Gasteiger partial charge in [-0.1, -0.05) is 66.2 Å². The quantitative estimate of drug-likeness (QED) is 0.141. The number of methoxy groups -OCH3 is 2. The highest BCUT2D eigenvalue weighted by Crippen LogP contribution is 2.42. The van der Waals surface area contributed by atoms with Crippen LogP contribution >= 0.6 is 23.2 Å². The predicted octanol–water partition coefficient (Wildman–Crippen LogP) is 7.32. The lowest BCUT2D eigenvalue weighted by Gasteiger charge is -2.16. The van der Waals surface area contributed by atoms with E-state index in [-0.39, 0.29) is 6.04 Å². The van der Waals surface area contributed by atoms with Gasteiger partial charge in [0, 0.05) is 59.7 Å². The molecule has 1 aliphatic heterocycles. The lowest BCUT2D eigenvalue weighted by molar-refractivity contribution is 0.194. The van der Waals surface area contributed by atoms with Gasteiger partial charge in [0.15, 0.2) is 0 Å². The highest BCUT2D eigenvalue weighted by molar-refractivity contribution is 6.39. The normalized spacial score (nSPS) is 20.6. The first kappa shape index (κ1) is 34.0. The van der Waals surface area contributed by atoms with E-state index in [0.717, 1.165) is 42.6 Å². The van der Waals surface area contributed by atoms with Crippen molar-refractivity contribution >= 4 is 23.2 Å². The molecule has 4 aromatic rings. The Bertz CT molecular complexity index is 1800. The van der Waals surface area contributed by atoms with Crippen molar-refractivity contribution in [3.05, 3.63) is 82.5 Å². The van der Waals surface area contributed by atoms with Gasteiger partial charge in [-0.2, -0.15) is 0 Å². The van der Waals surface area contributed by atoms with Crippen molar-refractivity contribution in [2.75, 3.05) is 20.8 Å². The maximum atomic E-state index is 14.3. The molecule has 3 atom stereocenters. The summed E-state index contributed by atoms with van der Waals surface area (Å²) >= 11 is 14.1. The van der Waals surface area contributed by atoms with Crippen LogP contribution in [0.4, 0.5) is 4.39 Å². The van der Waals surface area contributed by atoms with E-state index < -0.39 is 5.67 Å². The van der Waals surface area contributed by atoms with Gasteiger partial charge in [-0.15, -0.1) is 0 Å². The van der Waals surface area contributed by atoms with Crippen molar-refractivity contribution < 1.29 is 13.9 Å². The third-order valence-electron chi connectivity index (χ3n) is 8.98. The van der Waals surface area contributed by atoms with E-state index >= 15 is 0 Å². The molecule has 2 aliphatic rings. The highest BCUT2D eigenvalue weighted by Gasteiger charge is 2.34. The van der Waals surface area contributed by atoms with E-state index in [1.54, 1.807) is 33.5 Å². The molecule has 0 radical (unpaired) electrons. The summed E-state index contributed by atoms with van der Waals surface area (Å²) in [6.07, 6.45) is 7.25. The summed E-state index contributed by atoms with van der Waals surface area (Å²) in [5, 5.41) is 11.2. The van der Waals surface area contributed by atoms with Gasteiger partial charge >= 0.3 is 0 Å². The summed E-state index contributed by atoms with van der Waals surface area (Å²) in [4.78, 5) is 18.8. The average molecular weight is 693 g/mol. The summed E-state index contributed by atoms with van der Waals surface area (Å²) in [6.45, 7) is 7.39. The van der Waals surface area contributed by atoms with Gasteiger partial charge < -0.3 is 25.4 Å². The van der Waals surface area contributed by atoms with Crippen LogP contribution in [0, 0.1) is 0 Å². The monoisotopic (exact) mass is 691 g/mol. The van der Waals surface area contributed by atoms with Crippen LogP contribution in [0.15, 0.2) is 61.1 Å². The molecule has 48 heavy (non-hydrogen) atoms. The van der Waals surface area contributed by atoms with Crippen LogP contribution in [-0.2, 0) is 13.1 Å². The van der Waals surface area contributed by atoms with E-state index in [0.29, 0.717) is 87.7 Å². The minimum absolute atomic E-state index is 0.0883. The molecule has 0 bridgehead atoms.